The van der Waals surface area contributed by atoms with Crippen LogP contribution in [-0.2, 0) is 9.59 Å². The molecule has 7 nitrogen and oxygen atoms in total. The van der Waals surface area contributed by atoms with Gasteiger partial charge in [-0.05, 0) is 24.7 Å². The summed E-state index contributed by atoms with van der Waals surface area (Å²) in [7, 11) is 0. The number of carboxylic acids is 1. The molecule has 0 aliphatic carbocycles. The maximum atomic E-state index is 11.5. The zero-order chi connectivity index (χ0) is 16.3. The number of hydrogen-bond acceptors (Lipinski definition) is 3. The van der Waals surface area contributed by atoms with Crippen LogP contribution in [0.3, 0.4) is 0 Å². The van der Waals surface area contributed by atoms with Gasteiger partial charge < -0.3 is 21.1 Å². The highest BCUT2D eigenvalue weighted by Gasteiger charge is 2.15. The number of hydrogen-bond donors (Lipinski definition) is 4. The Labute approximate surface area is 125 Å². The lowest BCUT2D eigenvalue weighted by molar-refractivity contribution is -0.137. The van der Waals surface area contributed by atoms with E-state index in [2.05, 4.69) is 29.8 Å². The maximum absolute atomic E-state index is 11.5. The van der Waals surface area contributed by atoms with Gasteiger partial charge in [-0.2, -0.15) is 0 Å². The van der Waals surface area contributed by atoms with E-state index in [0.29, 0.717) is 32.0 Å². The first-order valence-electron chi connectivity index (χ1n) is 7.30. The summed E-state index contributed by atoms with van der Waals surface area (Å²) in [5.74, 6) is -0.255. The van der Waals surface area contributed by atoms with Gasteiger partial charge in [0.05, 0.1) is 0 Å². The van der Waals surface area contributed by atoms with Crippen molar-refractivity contribution in [3.05, 3.63) is 0 Å². The van der Waals surface area contributed by atoms with Crippen LogP contribution in [0.25, 0.3) is 0 Å². The van der Waals surface area contributed by atoms with Gasteiger partial charge in [0.2, 0.25) is 5.91 Å². The topological polar surface area (TPSA) is 108 Å². The minimum absolute atomic E-state index is 0.129. The van der Waals surface area contributed by atoms with Crippen molar-refractivity contribution in [3.63, 3.8) is 0 Å². The predicted octanol–water partition coefficient (Wildman–Crippen LogP) is 0.949. The van der Waals surface area contributed by atoms with Crippen LogP contribution < -0.4 is 16.0 Å². The molecule has 0 aromatic carbocycles. The molecular formula is C14H27N3O4. The molecule has 122 valence electrons. The fraction of sp³-hybridized carbons (Fsp3) is 0.786. The third kappa shape index (κ3) is 11.7. The van der Waals surface area contributed by atoms with E-state index in [1.54, 1.807) is 0 Å². The smallest absolute Gasteiger partial charge is 0.314 e. The number of amides is 3. The third-order valence-corrected chi connectivity index (χ3v) is 3.26. The van der Waals surface area contributed by atoms with E-state index >= 15 is 0 Å². The molecule has 0 aromatic rings. The van der Waals surface area contributed by atoms with Crippen LogP contribution >= 0.6 is 0 Å². The maximum Gasteiger partial charge on any atom is 0.314 e. The van der Waals surface area contributed by atoms with Gasteiger partial charge in [0, 0.05) is 33.0 Å². The van der Waals surface area contributed by atoms with Crippen molar-refractivity contribution in [1.29, 1.82) is 0 Å². The van der Waals surface area contributed by atoms with E-state index in [-0.39, 0.29) is 24.3 Å². The number of urea groups is 1. The Balaban J connectivity index is 3.79. The van der Waals surface area contributed by atoms with Gasteiger partial charge >= 0.3 is 12.0 Å². The minimum Gasteiger partial charge on any atom is -0.481 e. The summed E-state index contributed by atoms with van der Waals surface area (Å²) in [6.07, 6.45) is 1.54. The SMILES string of the molecule is CC(=O)NCCNC(=O)NCCC(CCC(=O)O)C(C)C. The van der Waals surface area contributed by atoms with Crippen molar-refractivity contribution in [2.24, 2.45) is 11.8 Å². The molecule has 0 heterocycles. The van der Waals surface area contributed by atoms with Crippen molar-refractivity contribution < 1.29 is 19.5 Å². The average Bonchev–Trinajstić information content (AvgIpc) is 2.37. The standard InChI is InChI=1S/C14H27N3O4/c1-10(2)12(4-5-13(19)20)6-7-16-14(21)17-9-8-15-11(3)18/h10,12H,4-9H2,1-3H3,(H,15,18)(H,19,20)(H2,16,17,21). The van der Waals surface area contributed by atoms with Crippen LogP contribution in [0.4, 0.5) is 4.79 Å². The van der Waals surface area contributed by atoms with Crippen LogP contribution in [0.1, 0.15) is 40.0 Å². The largest absolute Gasteiger partial charge is 0.481 e. The zero-order valence-electron chi connectivity index (χ0n) is 13.1. The number of aliphatic carboxylic acids is 1. The Bertz CT molecular complexity index is 345. The molecule has 7 heteroatoms. The highest BCUT2D eigenvalue weighted by Crippen LogP contribution is 2.20. The molecular weight excluding hydrogens is 274 g/mol. The lowest BCUT2D eigenvalue weighted by Gasteiger charge is -2.20. The quantitative estimate of drug-likeness (QED) is 0.450. The second kappa shape index (κ2) is 10.9. The van der Waals surface area contributed by atoms with E-state index < -0.39 is 5.97 Å². The summed E-state index contributed by atoms with van der Waals surface area (Å²) in [6.45, 7) is 6.81. The van der Waals surface area contributed by atoms with Crippen LogP contribution in [0.15, 0.2) is 0 Å². The summed E-state index contributed by atoms with van der Waals surface area (Å²) < 4.78 is 0. The summed E-state index contributed by atoms with van der Waals surface area (Å²) in [5, 5.41) is 16.7. The Morgan fingerprint density at radius 3 is 2.05 bits per heavy atom. The average molecular weight is 301 g/mol. The number of carbonyl (C=O) groups is 3. The normalized spacial score (nSPS) is 11.8. The van der Waals surface area contributed by atoms with E-state index in [1.807, 2.05) is 0 Å². The molecule has 0 spiro atoms. The Morgan fingerprint density at radius 2 is 1.52 bits per heavy atom. The third-order valence-electron chi connectivity index (χ3n) is 3.26. The number of rotatable bonds is 10. The summed E-state index contributed by atoms with van der Waals surface area (Å²) in [4.78, 5) is 32.7. The van der Waals surface area contributed by atoms with E-state index in [9.17, 15) is 14.4 Å². The van der Waals surface area contributed by atoms with Gasteiger partial charge in [-0.25, -0.2) is 4.79 Å². The first kappa shape index (κ1) is 19.2. The molecule has 1 atom stereocenters. The van der Waals surface area contributed by atoms with E-state index in [4.69, 9.17) is 5.11 Å². The van der Waals surface area contributed by atoms with Gasteiger partial charge in [0.25, 0.3) is 0 Å². The van der Waals surface area contributed by atoms with Gasteiger partial charge in [-0.15, -0.1) is 0 Å². The molecule has 0 fully saturated rings. The van der Waals surface area contributed by atoms with Crippen LogP contribution in [0, 0.1) is 11.8 Å². The second-order valence-corrected chi connectivity index (χ2v) is 5.39. The molecule has 0 saturated heterocycles. The molecule has 0 aliphatic heterocycles. The molecule has 0 rings (SSSR count). The number of nitrogens with one attached hydrogen (secondary N) is 3. The second-order valence-electron chi connectivity index (χ2n) is 5.39. The van der Waals surface area contributed by atoms with Crippen LogP contribution in [0.5, 0.6) is 0 Å². The van der Waals surface area contributed by atoms with E-state index in [1.165, 1.54) is 6.92 Å². The lowest BCUT2D eigenvalue weighted by Crippen LogP contribution is -2.40. The number of carbonyl (C=O) groups excluding carboxylic acids is 2. The first-order valence-corrected chi connectivity index (χ1v) is 7.30. The van der Waals surface area contributed by atoms with Crippen LogP contribution in [-0.4, -0.2) is 42.6 Å². The predicted molar refractivity (Wildman–Crippen MR) is 79.9 cm³/mol. The summed E-state index contributed by atoms with van der Waals surface area (Å²) >= 11 is 0. The Morgan fingerprint density at radius 1 is 0.952 bits per heavy atom. The van der Waals surface area contributed by atoms with Crippen molar-refractivity contribution in [1.82, 2.24) is 16.0 Å². The van der Waals surface area contributed by atoms with Crippen molar-refractivity contribution in [3.8, 4) is 0 Å². The first-order chi connectivity index (χ1) is 9.82. The monoisotopic (exact) mass is 301 g/mol. The molecule has 3 amide bonds. The highest BCUT2D eigenvalue weighted by atomic mass is 16.4. The van der Waals surface area contributed by atoms with Crippen molar-refractivity contribution in [2.45, 2.75) is 40.0 Å². The zero-order valence-corrected chi connectivity index (χ0v) is 13.1. The Kier molecular flexibility index (Phi) is 10.0. The van der Waals surface area contributed by atoms with Gasteiger partial charge in [0.1, 0.15) is 0 Å². The van der Waals surface area contributed by atoms with Crippen molar-refractivity contribution in [2.75, 3.05) is 19.6 Å². The fourth-order valence-corrected chi connectivity index (χ4v) is 1.97. The van der Waals surface area contributed by atoms with Crippen molar-refractivity contribution >= 4 is 17.9 Å². The highest BCUT2D eigenvalue weighted by molar-refractivity contribution is 5.74. The minimum atomic E-state index is -0.788. The van der Waals surface area contributed by atoms with Gasteiger partial charge in [0.15, 0.2) is 0 Å². The summed E-state index contributed by atoms with van der Waals surface area (Å²) in [6, 6.07) is -0.277. The molecule has 0 saturated carbocycles. The molecule has 21 heavy (non-hydrogen) atoms. The molecule has 0 aliphatic rings. The number of carboxylic acid groups (broad SMARTS) is 1. The van der Waals surface area contributed by atoms with Crippen LogP contribution in [0.2, 0.25) is 0 Å². The summed E-state index contributed by atoms with van der Waals surface area (Å²) in [5.41, 5.74) is 0. The lowest BCUT2D eigenvalue weighted by atomic mass is 9.88. The molecule has 1 unspecified atom stereocenters. The Hall–Kier alpha value is -1.79. The molecule has 4 N–H and O–H groups in total. The van der Waals surface area contributed by atoms with Gasteiger partial charge in [-0.3, -0.25) is 9.59 Å². The molecule has 0 aromatic heterocycles. The molecule has 0 bridgehead atoms. The van der Waals surface area contributed by atoms with E-state index in [0.717, 1.165) is 6.42 Å². The molecule has 0 radical (unpaired) electrons. The fourth-order valence-electron chi connectivity index (χ4n) is 1.97. The van der Waals surface area contributed by atoms with Gasteiger partial charge in [-0.1, -0.05) is 13.8 Å².